The fourth-order valence-electron chi connectivity index (χ4n) is 5.99. The van der Waals surface area contributed by atoms with Crippen LogP contribution >= 0.6 is 11.6 Å². The van der Waals surface area contributed by atoms with Gasteiger partial charge in [0.05, 0.1) is 5.69 Å². The average Bonchev–Trinajstić information content (AvgIpc) is 3.37. The summed E-state index contributed by atoms with van der Waals surface area (Å²) in [6.45, 7) is 6.10. The van der Waals surface area contributed by atoms with Gasteiger partial charge in [-0.15, -0.1) is 0 Å². The first-order valence-corrected chi connectivity index (χ1v) is 14.3. The summed E-state index contributed by atoms with van der Waals surface area (Å²) in [6, 6.07) is 10.6. The van der Waals surface area contributed by atoms with Crippen LogP contribution in [0.5, 0.6) is 0 Å². The average molecular weight is 507 g/mol. The number of aromatic nitrogens is 1. The van der Waals surface area contributed by atoms with E-state index in [9.17, 15) is 4.79 Å². The lowest BCUT2D eigenvalue weighted by atomic mass is 9.88. The summed E-state index contributed by atoms with van der Waals surface area (Å²) >= 11 is 6.35. The number of carbonyl (C=O) groups is 1. The van der Waals surface area contributed by atoms with E-state index in [-0.39, 0.29) is 6.03 Å². The Bertz CT molecular complexity index is 1080. The van der Waals surface area contributed by atoms with Crippen molar-refractivity contribution in [3.05, 3.63) is 69.5 Å². The number of nitrogens with zero attached hydrogens (tertiary/aromatic N) is 3. The van der Waals surface area contributed by atoms with E-state index in [4.69, 9.17) is 16.6 Å². The molecule has 0 atom stereocenters. The number of piperidine rings is 1. The molecule has 3 heterocycles. The Morgan fingerprint density at radius 2 is 1.69 bits per heavy atom. The highest BCUT2D eigenvalue weighted by Crippen LogP contribution is 2.38. The molecule has 2 amide bonds. The van der Waals surface area contributed by atoms with E-state index < -0.39 is 0 Å². The van der Waals surface area contributed by atoms with Gasteiger partial charge in [0.15, 0.2) is 0 Å². The van der Waals surface area contributed by atoms with Crippen molar-refractivity contribution in [2.24, 2.45) is 0 Å². The lowest BCUT2D eigenvalue weighted by Gasteiger charge is -2.30. The number of nitrogens with one attached hydrogen (secondary N) is 1. The SMILES string of the molecule is O=C(NCCCCCCN1CCCC1)N1CCC(=C2c3ccc(Cl)cc3CCc3cccnc32)CC1. The zero-order valence-electron chi connectivity index (χ0n) is 21.4. The van der Waals surface area contributed by atoms with E-state index in [2.05, 4.69) is 28.4 Å². The molecule has 5 rings (SSSR count). The van der Waals surface area contributed by atoms with Crippen molar-refractivity contribution < 1.29 is 4.79 Å². The Morgan fingerprint density at radius 1 is 0.917 bits per heavy atom. The zero-order valence-corrected chi connectivity index (χ0v) is 22.2. The van der Waals surface area contributed by atoms with Crippen LogP contribution in [0.1, 0.15) is 73.8 Å². The smallest absolute Gasteiger partial charge is 0.317 e. The second kappa shape index (κ2) is 12.2. The van der Waals surface area contributed by atoms with Gasteiger partial charge in [-0.1, -0.05) is 42.1 Å². The Hall–Kier alpha value is -2.37. The first-order valence-electron chi connectivity index (χ1n) is 13.9. The van der Waals surface area contributed by atoms with Gasteiger partial charge in [-0.25, -0.2) is 4.79 Å². The van der Waals surface area contributed by atoms with Gasteiger partial charge < -0.3 is 15.1 Å². The molecule has 1 N–H and O–H groups in total. The summed E-state index contributed by atoms with van der Waals surface area (Å²) < 4.78 is 0. The molecule has 0 saturated carbocycles. The molecule has 0 unspecified atom stereocenters. The standard InChI is InChI=1S/C30H39ClN4O/c31-26-11-12-27-25(22-26)10-9-24-8-7-16-32-29(24)28(27)23-13-20-35(21-14-23)30(36)33-15-3-1-2-4-17-34-18-5-6-19-34/h7-8,11-12,16,22H,1-6,9-10,13-15,17-21H2,(H,33,36). The summed E-state index contributed by atoms with van der Waals surface area (Å²) in [5.41, 5.74) is 7.63. The Kier molecular flexibility index (Phi) is 8.60. The number of amides is 2. The van der Waals surface area contributed by atoms with E-state index in [1.165, 1.54) is 79.6 Å². The van der Waals surface area contributed by atoms with Crippen molar-refractivity contribution in [2.45, 2.75) is 64.2 Å². The van der Waals surface area contributed by atoms with Gasteiger partial charge in [-0.2, -0.15) is 0 Å². The molecule has 2 fully saturated rings. The number of rotatable bonds is 7. The third-order valence-corrected chi connectivity index (χ3v) is 8.25. The van der Waals surface area contributed by atoms with Crippen molar-refractivity contribution in [1.82, 2.24) is 20.1 Å². The molecular weight excluding hydrogens is 468 g/mol. The predicted molar refractivity (Wildman–Crippen MR) is 147 cm³/mol. The highest BCUT2D eigenvalue weighted by molar-refractivity contribution is 6.30. The minimum Gasteiger partial charge on any atom is -0.338 e. The molecule has 2 aliphatic heterocycles. The second-order valence-corrected chi connectivity index (χ2v) is 10.9. The predicted octanol–water partition coefficient (Wildman–Crippen LogP) is 6.10. The van der Waals surface area contributed by atoms with Crippen LogP contribution in [0.15, 0.2) is 42.1 Å². The van der Waals surface area contributed by atoms with Gasteiger partial charge in [0.25, 0.3) is 0 Å². The molecule has 0 spiro atoms. The third-order valence-electron chi connectivity index (χ3n) is 8.01. The number of fused-ring (bicyclic) bond motifs is 2. The molecule has 2 saturated heterocycles. The Labute approximate surface area is 220 Å². The van der Waals surface area contributed by atoms with Gasteiger partial charge in [-0.3, -0.25) is 4.98 Å². The molecule has 192 valence electrons. The quantitative estimate of drug-likeness (QED) is 0.462. The van der Waals surface area contributed by atoms with Gasteiger partial charge in [0, 0.05) is 36.4 Å². The monoisotopic (exact) mass is 506 g/mol. The van der Waals surface area contributed by atoms with Gasteiger partial charge in [-0.05, 0) is 106 Å². The molecule has 1 aliphatic carbocycles. The Balaban J connectivity index is 1.15. The molecule has 5 nitrogen and oxygen atoms in total. The van der Waals surface area contributed by atoms with E-state index in [1.807, 2.05) is 23.2 Å². The molecule has 1 aromatic heterocycles. The number of carbonyl (C=O) groups excluding carboxylic acids is 1. The van der Waals surface area contributed by atoms with Crippen LogP contribution in [0, 0.1) is 0 Å². The second-order valence-electron chi connectivity index (χ2n) is 10.5. The van der Waals surface area contributed by atoms with Gasteiger partial charge in [0.1, 0.15) is 0 Å². The molecule has 0 radical (unpaired) electrons. The lowest BCUT2D eigenvalue weighted by Crippen LogP contribution is -2.43. The van der Waals surface area contributed by atoms with Crippen molar-refractivity contribution in [1.29, 1.82) is 0 Å². The van der Waals surface area contributed by atoms with Crippen LogP contribution < -0.4 is 5.32 Å². The summed E-state index contributed by atoms with van der Waals surface area (Å²) in [6.07, 6.45) is 13.2. The highest BCUT2D eigenvalue weighted by Gasteiger charge is 2.26. The zero-order chi connectivity index (χ0) is 24.7. The number of benzene rings is 1. The molecule has 6 heteroatoms. The Morgan fingerprint density at radius 3 is 2.53 bits per heavy atom. The van der Waals surface area contributed by atoms with Crippen LogP contribution in [0.4, 0.5) is 4.79 Å². The number of hydrogen-bond acceptors (Lipinski definition) is 3. The highest BCUT2D eigenvalue weighted by atomic mass is 35.5. The maximum absolute atomic E-state index is 12.8. The van der Waals surface area contributed by atoms with Crippen LogP contribution in [-0.4, -0.2) is 60.1 Å². The number of halogens is 1. The van der Waals surface area contributed by atoms with E-state index in [0.29, 0.717) is 0 Å². The normalized spacial score (nSPS) is 18.1. The summed E-state index contributed by atoms with van der Waals surface area (Å²) in [5, 5.41) is 3.95. The third kappa shape index (κ3) is 6.12. The van der Waals surface area contributed by atoms with E-state index in [0.717, 1.165) is 62.5 Å². The molecule has 0 bridgehead atoms. The van der Waals surface area contributed by atoms with Gasteiger partial charge in [0.2, 0.25) is 0 Å². The molecular formula is C30H39ClN4O. The number of hydrogen-bond donors (Lipinski definition) is 1. The molecule has 3 aliphatic rings. The van der Waals surface area contributed by atoms with Crippen LogP contribution in [0.3, 0.4) is 0 Å². The summed E-state index contributed by atoms with van der Waals surface area (Å²) in [7, 11) is 0. The number of aryl methyl sites for hydroxylation is 2. The fourth-order valence-corrected chi connectivity index (χ4v) is 6.19. The van der Waals surface area contributed by atoms with Crippen LogP contribution in [0.2, 0.25) is 5.02 Å². The van der Waals surface area contributed by atoms with Crippen molar-refractivity contribution in [3.8, 4) is 0 Å². The van der Waals surface area contributed by atoms with Crippen LogP contribution in [0.25, 0.3) is 5.57 Å². The number of likely N-dealkylation sites (tertiary alicyclic amines) is 2. The number of pyridine rings is 1. The minimum absolute atomic E-state index is 0.0858. The minimum atomic E-state index is 0.0858. The van der Waals surface area contributed by atoms with Gasteiger partial charge >= 0.3 is 6.03 Å². The first kappa shape index (κ1) is 25.3. The van der Waals surface area contributed by atoms with Crippen molar-refractivity contribution in [3.63, 3.8) is 0 Å². The fraction of sp³-hybridized carbons (Fsp3) is 0.533. The molecule has 36 heavy (non-hydrogen) atoms. The van der Waals surface area contributed by atoms with Crippen molar-refractivity contribution >= 4 is 23.2 Å². The van der Waals surface area contributed by atoms with Crippen molar-refractivity contribution in [2.75, 3.05) is 39.3 Å². The summed E-state index contributed by atoms with van der Waals surface area (Å²) in [4.78, 5) is 22.2. The maximum atomic E-state index is 12.8. The van der Waals surface area contributed by atoms with Crippen LogP contribution in [-0.2, 0) is 12.8 Å². The number of urea groups is 1. The summed E-state index contributed by atoms with van der Waals surface area (Å²) in [5.74, 6) is 0. The maximum Gasteiger partial charge on any atom is 0.317 e. The molecule has 1 aromatic carbocycles. The van der Waals surface area contributed by atoms with E-state index in [1.54, 1.807) is 0 Å². The first-order chi connectivity index (χ1) is 17.7. The van der Waals surface area contributed by atoms with E-state index >= 15 is 0 Å². The molecule has 2 aromatic rings. The lowest BCUT2D eigenvalue weighted by molar-refractivity contribution is 0.193. The largest absolute Gasteiger partial charge is 0.338 e. The number of unbranched alkanes of at least 4 members (excludes halogenated alkanes) is 3. The topological polar surface area (TPSA) is 48.5 Å².